The van der Waals surface area contributed by atoms with Gasteiger partial charge in [-0.1, -0.05) is 0 Å². The van der Waals surface area contributed by atoms with E-state index >= 15 is 0 Å². The molecule has 1 aliphatic heterocycles. The standard InChI is InChI=1S/C12H18O7/c1-6(13)17-10-9(5-16-8-3-4-8)19-12(15)11(10)18-7(2)14/h8-12,15H,3-5H2,1-2H3/t9-,10-,11-,12?/m1/s1. The molecule has 0 aromatic heterocycles. The van der Waals surface area contributed by atoms with E-state index in [2.05, 4.69) is 0 Å². The monoisotopic (exact) mass is 274 g/mol. The maximum atomic E-state index is 11.1. The summed E-state index contributed by atoms with van der Waals surface area (Å²) in [4.78, 5) is 22.1. The molecule has 0 bridgehead atoms. The Morgan fingerprint density at radius 3 is 2.26 bits per heavy atom. The minimum atomic E-state index is -1.32. The van der Waals surface area contributed by atoms with Gasteiger partial charge in [-0.05, 0) is 12.8 Å². The number of esters is 2. The molecule has 1 saturated heterocycles. The molecule has 0 radical (unpaired) electrons. The van der Waals surface area contributed by atoms with E-state index in [0.717, 1.165) is 12.8 Å². The van der Waals surface area contributed by atoms with Crippen LogP contribution in [0.4, 0.5) is 0 Å². The average Bonchev–Trinajstić information content (AvgIpc) is 3.08. The highest BCUT2D eigenvalue weighted by Crippen LogP contribution is 2.29. The molecule has 1 unspecified atom stereocenters. The van der Waals surface area contributed by atoms with Gasteiger partial charge in [0.15, 0.2) is 18.5 Å². The van der Waals surface area contributed by atoms with Crippen molar-refractivity contribution in [3.05, 3.63) is 0 Å². The van der Waals surface area contributed by atoms with Gasteiger partial charge in [-0.15, -0.1) is 0 Å². The number of ether oxygens (including phenoxy) is 4. The topological polar surface area (TPSA) is 91.3 Å². The van der Waals surface area contributed by atoms with Crippen molar-refractivity contribution >= 4 is 11.9 Å². The minimum absolute atomic E-state index is 0.192. The highest BCUT2D eigenvalue weighted by Gasteiger charge is 2.49. The second-order valence-corrected chi connectivity index (χ2v) is 4.75. The Hall–Kier alpha value is -1.18. The van der Waals surface area contributed by atoms with Gasteiger partial charge in [0.25, 0.3) is 0 Å². The molecule has 0 amide bonds. The summed E-state index contributed by atoms with van der Waals surface area (Å²) < 4.78 is 20.7. The third-order valence-electron chi connectivity index (χ3n) is 2.91. The molecule has 1 saturated carbocycles. The van der Waals surface area contributed by atoms with Crippen LogP contribution in [0.15, 0.2) is 0 Å². The zero-order valence-corrected chi connectivity index (χ0v) is 10.9. The Balaban J connectivity index is 1.99. The van der Waals surface area contributed by atoms with Crippen LogP contribution in [0.3, 0.4) is 0 Å². The van der Waals surface area contributed by atoms with Crippen molar-refractivity contribution in [3.8, 4) is 0 Å². The second-order valence-electron chi connectivity index (χ2n) is 4.75. The van der Waals surface area contributed by atoms with E-state index in [1.807, 2.05) is 0 Å². The molecule has 2 fully saturated rings. The third kappa shape index (κ3) is 3.89. The normalized spacial score (nSPS) is 34.1. The number of carbonyl (C=O) groups is 2. The number of aliphatic hydroxyl groups excluding tert-OH is 1. The molecule has 1 N–H and O–H groups in total. The largest absolute Gasteiger partial charge is 0.455 e. The van der Waals surface area contributed by atoms with Gasteiger partial charge in [-0.2, -0.15) is 0 Å². The van der Waals surface area contributed by atoms with Gasteiger partial charge in [-0.25, -0.2) is 0 Å². The highest BCUT2D eigenvalue weighted by molar-refractivity contribution is 5.67. The molecule has 7 heteroatoms. The lowest BCUT2D eigenvalue weighted by Crippen LogP contribution is -2.41. The van der Waals surface area contributed by atoms with Gasteiger partial charge in [0.05, 0.1) is 12.7 Å². The summed E-state index contributed by atoms with van der Waals surface area (Å²) in [6, 6.07) is 0. The van der Waals surface area contributed by atoms with E-state index in [1.165, 1.54) is 13.8 Å². The number of rotatable bonds is 5. The molecule has 19 heavy (non-hydrogen) atoms. The Kier molecular flexibility index (Phi) is 4.38. The maximum Gasteiger partial charge on any atom is 0.303 e. The van der Waals surface area contributed by atoms with Crippen LogP contribution < -0.4 is 0 Å². The van der Waals surface area contributed by atoms with E-state index in [0.29, 0.717) is 0 Å². The summed E-state index contributed by atoms with van der Waals surface area (Å²) in [6.07, 6.45) is -1.61. The summed E-state index contributed by atoms with van der Waals surface area (Å²) in [6.45, 7) is 2.65. The minimum Gasteiger partial charge on any atom is -0.455 e. The quantitative estimate of drug-likeness (QED) is 0.691. The van der Waals surface area contributed by atoms with E-state index in [1.54, 1.807) is 0 Å². The van der Waals surface area contributed by atoms with Crippen molar-refractivity contribution in [2.75, 3.05) is 6.61 Å². The smallest absolute Gasteiger partial charge is 0.303 e. The molecular weight excluding hydrogens is 256 g/mol. The lowest BCUT2D eigenvalue weighted by Gasteiger charge is -2.22. The van der Waals surface area contributed by atoms with Crippen LogP contribution >= 0.6 is 0 Å². The number of hydrogen-bond donors (Lipinski definition) is 1. The first-order valence-electron chi connectivity index (χ1n) is 6.27. The first-order chi connectivity index (χ1) is 8.97. The van der Waals surface area contributed by atoms with E-state index < -0.39 is 36.5 Å². The molecule has 4 atom stereocenters. The van der Waals surface area contributed by atoms with Crippen molar-refractivity contribution < 1.29 is 33.6 Å². The van der Waals surface area contributed by atoms with Crippen LogP contribution in [0.25, 0.3) is 0 Å². The number of hydrogen-bond acceptors (Lipinski definition) is 7. The molecule has 0 aromatic rings. The van der Waals surface area contributed by atoms with Crippen LogP contribution in [0.5, 0.6) is 0 Å². The lowest BCUT2D eigenvalue weighted by molar-refractivity contribution is -0.174. The van der Waals surface area contributed by atoms with Crippen LogP contribution in [-0.2, 0) is 28.5 Å². The van der Waals surface area contributed by atoms with Crippen molar-refractivity contribution in [1.82, 2.24) is 0 Å². The number of aliphatic hydroxyl groups is 1. The van der Waals surface area contributed by atoms with Gasteiger partial charge in [0, 0.05) is 13.8 Å². The van der Waals surface area contributed by atoms with E-state index in [9.17, 15) is 14.7 Å². The summed E-state index contributed by atoms with van der Waals surface area (Å²) in [5.74, 6) is -1.11. The predicted molar refractivity (Wildman–Crippen MR) is 61.0 cm³/mol. The summed E-state index contributed by atoms with van der Waals surface area (Å²) in [5.41, 5.74) is 0. The van der Waals surface area contributed by atoms with Gasteiger partial charge in [0.2, 0.25) is 0 Å². The van der Waals surface area contributed by atoms with Crippen molar-refractivity contribution in [3.63, 3.8) is 0 Å². The Labute approximate surface area is 110 Å². The molecule has 108 valence electrons. The van der Waals surface area contributed by atoms with Gasteiger partial charge >= 0.3 is 11.9 Å². The van der Waals surface area contributed by atoms with Crippen LogP contribution in [0.2, 0.25) is 0 Å². The van der Waals surface area contributed by atoms with Gasteiger partial charge in [-0.3, -0.25) is 9.59 Å². The Morgan fingerprint density at radius 2 is 1.74 bits per heavy atom. The van der Waals surface area contributed by atoms with E-state index in [-0.39, 0.29) is 12.7 Å². The summed E-state index contributed by atoms with van der Waals surface area (Å²) >= 11 is 0. The predicted octanol–water partition coefficient (Wildman–Crippen LogP) is -0.254. The van der Waals surface area contributed by atoms with Crippen LogP contribution in [0.1, 0.15) is 26.7 Å². The zero-order chi connectivity index (χ0) is 14.0. The molecule has 0 aromatic carbocycles. The molecule has 1 aliphatic carbocycles. The molecular formula is C12H18O7. The lowest BCUT2D eigenvalue weighted by atomic mass is 10.1. The average molecular weight is 274 g/mol. The fraction of sp³-hybridized carbons (Fsp3) is 0.833. The second kappa shape index (κ2) is 5.85. The fourth-order valence-corrected chi connectivity index (χ4v) is 1.96. The fourth-order valence-electron chi connectivity index (χ4n) is 1.96. The van der Waals surface area contributed by atoms with Crippen molar-refractivity contribution in [1.29, 1.82) is 0 Å². The summed E-state index contributed by atoms with van der Waals surface area (Å²) in [7, 11) is 0. The zero-order valence-electron chi connectivity index (χ0n) is 10.9. The van der Waals surface area contributed by atoms with E-state index in [4.69, 9.17) is 18.9 Å². The third-order valence-corrected chi connectivity index (χ3v) is 2.91. The van der Waals surface area contributed by atoms with Crippen molar-refractivity contribution in [2.24, 2.45) is 0 Å². The molecule has 7 nitrogen and oxygen atoms in total. The van der Waals surface area contributed by atoms with Crippen LogP contribution in [0, 0.1) is 0 Å². The SMILES string of the molecule is CC(=O)O[C@@H]1[C@@H](COC2CC2)OC(O)[C@@H]1OC(C)=O. The van der Waals surface area contributed by atoms with Gasteiger partial charge < -0.3 is 24.1 Å². The van der Waals surface area contributed by atoms with Crippen LogP contribution in [-0.4, -0.2) is 54.4 Å². The highest BCUT2D eigenvalue weighted by atomic mass is 16.7. The molecule has 1 heterocycles. The first-order valence-corrected chi connectivity index (χ1v) is 6.27. The Bertz CT molecular complexity index is 352. The molecule has 2 rings (SSSR count). The number of carbonyl (C=O) groups excluding carboxylic acids is 2. The molecule has 2 aliphatic rings. The maximum absolute atomic E-state index is 11.1. The van der Waals surface area contributed by atoms with Gasteiger partial charge in [0.1, 0.15) is 6.10 Å². The first kappa shape index (κ1) is 14.2. The molecule has 0 spiro atoms. The van der Waals surface area contributed by atoms with Crippen molar-refractivity contribution in [2.45, 2.75) is 57.4 Å². The Morgan fingerprint density at radius 1 is 1.16 bits per heavy atom. The summed E-state index contributed by atoms with van der Waals surface area (Å²) in [5, 5.41) is 9.73.